The van der Waals surface area contributed by atoms with Crippen molar-refractivity contribution in [3.63, 3.8) is 0 Å². The van der Waals surface area contributed by atoms with Gasteiger partial charge in [0.15, 0.2) is 11.6 Å². The van der Waals surface area contributed by atoms with Crippen LogP contribution in [0.15, 0.2) is 170 Å². The lowest BCUT2D eigenvalue weighted by Gasteiger charge is -2.11. The summed E-state index contributed by atoms with van der Waals surface area (Å²) in [5.74, 6) is 4.50. The van der Waals surface area contributed by atoms with E-state index in [0.717, 1.165) is 87.4 Å². The van der Waals surface area contributed by atoms with Crippen LogP contribution in [0.4, 0.5) is 0 Å². The predicted octanol–water partition coefficient (Wildman–Crippen LogP) is 9.38. The van der Waals surface area contributed by atoms with Gasteiger partial charge in [-0.2, -0.15) is 0 Å². The molecule has 14 heteroatoms. The van der Waals surface area contributed by atoms with E-state index in [1.165, 1.54) is 16.7 Å². The Morgan fingerprint density at radius 1 is 0.379 bits per heavy atom. The average Bonchev–Trinajstić information content (AvgIpc) is 4.12. The Morgan fingerprint density at radius 3 is 1.50 bits per heavy atom. The molecular formula is C52H46N10O4. The second kappa shape index (κ2) is 21.7. The summed E-state index contributed by atoms with van der Waals surface area (Å²) in [5.41, 5.74) is 8.60. The van der Waals surface area contributed by atoms with E-state index in [1.54, 1.807) is 0 Å². The Hall–Kier alpha value is -8.52. The number of nitrogens with zero attached hydrogens (tertiary/aromatic N) is 8. The van der Waals surface area contributed by atoms with Gasteiger partial charge in [-0.3, -0.25) is 0 Å². The number of hydrogen-bond donors (Lipinski definition) is 2. The van der Waals surface area contributed by atoms with Crippen molar-refractivity contribution in [3.8, 4) is 23.0 Å². The number of aryl methyl sites for hydroxylation is 4. The lowest BCUT2D eigenvalue weighted by molar-refractivity contribution is 0.293. The van der Waals surface area contributed by atoms with Gasteiger partial charge in [-0.1, -0.05) is 103 Å². The van der Waals surface area contributed by atoms with Crippen molar-refractivity contribution in [1.29, 1.82) is 0 Å². The molecule has 6 aromatic carbocycles. The lowest BCUT2D eigenvalue weighted by atomic mass is 10.0. The molecule has 4 heterocycles. The van der Waals surface area contributed by atoms with Crippen molar-refractivity contribution in [2.24, 2.45) is 0 Å². The molecule has 0 amide bonds. The van der Waals surface area contributed by atoms with Crippen molar-refractivity contribution in [1.82, 2.24) is 51.2 Å². The summed E-state index contributed by atoms with van der Waals surface area (Å²) in [6.45, 7) is 1.49. The first-order chi connectivity index (χ1) is 32.6. The zero-order valence-corrected chi connectivity index (χ0v) is 36.0. The fourth-order valence-corrected chi connectivity index (χ4v) is 7.22. The number of aromatic amines is 2. The molecule has 0 aliphatic heterocycles. The van der Waals surface area contributed by atoms with Gasteiger partial charge in [0.25, 0.3) is 0 Å². The highest BCUT2D eigenvalue weighted by Gasteiger charge is 2.08. The number of benzene rings is 6. The van der Waals surface area contributed by atoms with Gasteiger partial charge in [-0.25, -0.2) is 20.2 Å². The maximum Gasteiger partial charge on any atom is 0.186 e. The molecule has 10 aromatic rings. The Morgan fingerprint density at radius 2 is 0.894 bits per heavy atom. The number of ether oxygens (including phenoxy) is 4. The summed E-state index contributed by atoms with van der Waals surface area (Å²) in [6.07, 6.45) is 3.57. The topological polar surface area (TPSA) is 172 Å². The number of fused-ring (bicyclic) bond motifs is 2. The zero-order chi connectivity index (χ0) is 44.6. The molecule has 4 aromatic heterocycles. The summed E-state index contributed by atoms with van der Waals surface area (Å²) in [6, 6.07) is 57.0. The summed E-state index contributed by atoms with van der Waals surface area (Å²) < 4.78 is 23.6. The molecule has 0 saturated carbocycles. The first-order valence-electron chi connectivity index (χ1n) is 21.7. The van der Waals surface area contributed by atoms with Gasteiger partial charge < -0.3 is 18.9 Å². The van der Waals surface area contributed by atoms with Gasteiger partial charge in [0, 0.05) is 10.8 Å². The molecule has 2 N–H and O–H groups in total. The smallest absolute Gasteiger partial charge is 0.186 e. The molecule has 0 radical (unpaired) electrons. The molecule has 0 unspecified atom stereocenters. The van der Waals surface area contributed by atoms with E-state index >= 15 is 0 Å². The van der Waals surface area contributed by atoms with Crippen LogP contribution in [0.3, 0.4) is 0 Å². The molecular weight excluding hydrogens is 829 g/mol. The number of para-hydroxylation sites is 3. The lowest BCUT2D eigenvalue weighted by Crippen LogP contribution is -2.02. The van der Waals surface area contributed by atoms with Gasteiger partial charge in [0.05, 0.1) is 22.4 Å². The van der Waals surface area contributed by atoms with E-state index in [1.807, 2.05) is 103 Å². The Labute approximate surface area is 381 Å². The third-order valence-corrected chi connectivity index (χ3v) is 10.7. The highest BCUT2D eigenvalue weighted by atomic mass is 16.5. The summed E-state index contributed by atoms with van der Waals surface area (Å²) in [5, 5.41) is 29.6. The van der Waals surface area contributed by atoms with Crippen LogP contribution in [0.25, 0.3) is 21.8 Å². The third-order valence-electron chi connectivity index (χ3n) is 10.7. The Balaban J connectivity index is 0.000000166. The Kier molecular flexibility index (Phi) is 14.1. The molecule has 14 nitrogen and oxygen atoms in total. The van der Waals surface area contributed by atoms with Crippen LogP contribution < -0.4 is 18.9 Å². The first kappa shape index (κ1) is 42.8. The molecule has 66 heavy (non-hydrogen) atoms. The van der Waals surface area contributed by atoms with E-state index in [0.29, 0.717) is 38.1 Å². The summed E-state index contributed by atoms with van der Waals surface area (Å²) >= 11 is 0. The zero-order valence-electron chi connectivity index (χ0n) is 36.0. The minimum Gasteiger partial charge on any atom is -0.487 e. The minimum absolute atomic E-state index is 0.302. The van der Waals surface area contributed by atoms with Crippen LogP contribution in [0.1, 0.15) is 45.3 Å². The molecule has 0 aliphatic carbocycles. The van der Waals surface area contributed by atoms with Crippen molar-refractivity contribution in [2.45, 2.75) is 52.1 Å². The highest BCUT2D eigenvalue weighted by Crippen LogP contribution is 2.24. The van der Waals surface area contributed by atoms with Crippen LogP contribution in [-0.2, 0) is 52.1 Å². The molecule has 0 aliphatic rings. The first-order valence-corrected chi connectivity index (χ1v) is 21.7. The second-order valence-electron chi connectivity index (χ2n) is 15.4. The van der Waals surface area contributed by atoms with Crippen LogP contribution in [0.5, 0.6) is 23.0 Å². The van der Waals surface area contributed by atoms with Crippen molar-refractivity contribution >= 4 is 21.8 Å². The van der Waals surface area contributed by atoms with Gasteiger partial charge in [0.1, 0.15) is 49.4 Å². The average molecular weight is 875 g/mol. The molecule has 0 spiro atoms. The normalized spacial score (nSPS) is 10.9. The molecule has 10 rings (SSSR count). The number of aromatic nitrogens is 10. The number of rotatable bonds is 18. The number of H-pyrrole nitrogens is 2. The van der Waals surface area contributed by atoms with Gasteiger partial charge >= 0.3 is 0 Å². The summed E-state index contributed by atoms with van der Waals surface area (Å²) in [4.78, 5) is 9.34. The van der Waals surface area contributed by atoms with Gasteiger partial charge in [-0.15, -0.1) is 10.2 Å². The maximum absolute atomic E-state index is 6.03. The standard InChI is InChI=1S/2C26H23N5O2/c1-3-10-24-20(7-1)14-15-22(27-24)17-32-23-9-5-6-19(16-23)12-13-21-8-2-4-11-25(21)33-18-26-28-30-31-29-26;1-2-7-25-21(5-1)12-13-22(27-25)17-32-23-14-10-19(11-15-23)8-9-20-4-3-6-24(16-20)33-18-26-28-30-31-29-26/h1-11,14-16H,12-13,17-18H2,(H,28,29,30,31);1-7,10-16H,8-9,17-18H2,(H,28,29,30,31). The summed E-state index contributed by atoms with van der Waals surface area (Å²) in [7, 11) is 0. The van der Waals surface area contributed by atoms with Gasteiger partial charge in [-0.05, 0) is 136 Å². The Bertz CT molecular complexity index is 3080. The monoisotopic (exact) mass is 874 g/mol. The fraction of sp³-hybridized carbons (Fsp3) is 0.154. The highest BCUT2D eigenvalue weighted by molar-refractivity contribution is 5.79. The number of hydrogen-bond acceptors (Lipinski definition) is 12. The molecule has 0 atom stereocenters. The number of tetrazole rings is 2. The number of pyridine rings is 2. The quantitative estimate of drug-likeness (QED) is 0.0838. The van der Waals surface area contributed by atoms with Crippen LogP contribution >= 0.6 is 0 Å². The third kappa shape index (κ3) is 12.1. The van der Waals surface area contributed by atoms with E-state index in [2.05, 4.69) is 118 Å². The second-order valence-corrected chi connectivity index (χ2v) is 15.4. The molecule has 0 fully saturated rings. The van der Waals surface area contributed by atoms with Crippen LogP contribution in [-0.4, -0.2) is 51.2 Å². The molecule has 0 bridgehead atoms. The van der Waals surface area contributed by atoms with E-state index in [-0.39, 0.29) is 0 Å². The number of nitrogens with one attached hydrogen (secondary N) is 2. The van der Waals surface area contributed by atoms with E-state index < -0.39 is 0 Å². The van der Waals surface area contributed by atoms with Crippen molar-refractivity contribution in [3.05, 3.63) is 215 Å². The fourth-order valence-electron chi connectivity index (χ4n) is 7.22. The van der Waals surface area contributed by atoms with Gasteiger partial charge in [0.2, 0.25) is 0 Å². The molecule has 0 saturated heterocycles. The predicted molar refractivity (Wildman–Crippen MR) is 250 cm³/mol. The maximum atomic E-state index is 6.03. The van der Waals surface area contributed by atoms with Crippen molar-refractivity contribution < 1.29 is 18.9 Å². The van der Waals surface area contributed by atoms with Crippen molar-refractivity contribution in [2.75, 3.05) is 0 Å². The van der Waals surface area contributed by atoms with E-state index in [9.17, 15) is 0 Å². The molecule has 328 valence electrons. The van der Waals surface area contributed by atoms with E-state index in [4.69, 9.17) is 18.9 Å². The largest absolute Gasteiger partial charge is 0.487 e. The minimum atomic E-state index is 0.302. The van der Waals surface area contributed by atoms with Crippen LogP contribution in [0, 0.1) is 0 Å². The van der Waals surface area contributed by atoms with Crippen LogP contribution in [0.2, 0.25) is 0 Å². The SMILES string of the molecule is c1cc(CCc2ccc(OCc3ccc4ccccc4n3)cc2)cc(OCc2nnn[nH]2)c1.c1cc(CCc2ccccc2OCc2nnn[nH]2)cc(OCc2ccc3ccccc3n2)c1.